The van der Waals surface area contributed by atoms with Gasteiger partial charge in [0.2, 0.25) is 0 Å². The van der Waals surface area contributed by atoms with Crippen LogP contribution in [0.5, 0.6) is 0 Å². The fourth-order valence-corrected chi connectivity index (χ4v) is 5.66. The first-order valence-electron chi connectivity index (χ1n) is 11.1. The number of rotatable bonds is 7. The minimum absolute atomic E-state index is 0.0422. The summed E-state index contributed by atoms with van der Waals surface area (Å²) in [7, 11) is 0. The molecule has 2 aliphatic rings. The fraction of sp³-hybridized carbons (Fsp3) is 0.522. The highest BCUT2D eigenvalue weighted by molar-refractivity contribution is 8.26. The number of carbonyl (C=O) groups is 2. The molecule has 2 saturated heterocycles. The summed E-state index contributed by atoms with van der Waals surface area (Å²) in [5.41, 5.74) is 1.00. The van der Waals surface area contributed by atoms with E-state index in [2.05, 4.69) is 11.8 Å². The van der Waals surface area contributed by atoms with E-state index in [0.29, 0.717) is 39.2 Å². The lowest BCUT2D eigenvalue weighted by atomic mass is 9.98. The maximum atomic E-state index is 13.1. The molecule has 0 aliphatic carbocycles. The van der Waals surface area contributed by atoms with E-state index in [-0.39, 0.29) is 30.0 Å². The Morgan fingerprint density at radius 1 is 1.39 bits per heavy atom. The molecule has 1 aromatic heterocycles. The number of hydrogen-bond donors (Lipinski definition) is 1. The van der Waals surface area contributed by atoms with Crippen molar-refractivity contribution in [1.82, 2.24) is 9.47 Å². The van der Waals surface area contributed by atoms with E-state index < -0.39 is 5.97 Å². The molecule has 1 aromatic rings. The molecule has 0 aromatic carbocycles. The molecule has 10 heteroatoms. The lowest BCUT2D eigenvalue weighted by molar-refractivity contribution is -0.137. The van der Waals surface area contributed by atoms with Crippen molar-refractivity contribution in [3.63, 3.8) is 0 Å². The number of carboxylic acids is 1. The number of nitriles is 1. The van der Waals surface area contributed by atoms with Gasteiger partial charge in [-0.1, -0.05) is 30.9 Å². The first kappa shape index (κ1) is 25.0. The van der Waals surface area contributed by atoms with Crippen LogP contribution in [-0.2, 0) is 16.1 Å². The largest absolute Gasteiger partial charge is 0.481 e. The Kier molecular flexibility index (Phi) is 7.97. The third-order valence-electron chi connectivity index (χ3n) is 6.04. The van der Waals surface area contributed by atoms with Gasteiger partial charge in [-0.05, 0) is 50.7 Å². The monoisotopic (exact) mass is 488 g/mol. The zero-order valence-corrected chi connectivity index (χ0v) is 20.7. The lowest BCUT2D eigenvalue weighted by Crippen LogP contribution is -2.40. The van der Waals surface area contributed by atoms with E-state index in [1.54, 1.807) is 17.6 Å². The van der Waals surface area contributed by atoms with E-state index in [1.165, 1.54) is 4.90 Å². The first-order valence-corrected chi connectivity index (χ1v) is 12.3. The van der Waals surface area contributed by atoms with Gasteiger partial charge in [-0.15, -0.1) is 0 Å². The van der Waals surface area contributed by atoms with Crippen LogP contribution >= 0.6 is 24.0 Å². The summed E-state index contributed by atoms with van der Waals surface area (Å²) < 4.78 is 2.01. The zero-order valence-electron chi connectivity index (χ0n) is 19.1. The Hall–Kier alpha value is -2.64. The van der Waals surface area contributed by atoms with E-state index in [1.807, 2.05) is 13.0 Å². The van der Waals surface area contributed by atoms with E-state index in [4.69, 9.17) is 17.3 Å². The molecular weight excluding hydrogens is 460 g/mol. The van der Waals surface area contributed by atoms with Gasteiger partial charge in [0.1, 0.15) is 21.8 Å². The highest BCUT2D eigenvalue weighted by atomic mass is 32.2. The van der Waals surface area contributed by atoms with Gasteiger partial charge < -0.3 is 10.0 Å². The molecule has 0 saturated carbocycles. The summed E-state index contributed by atoms with van der Waals surface area (Å²) in [5, 5.41) is 18.6. The number of pyridine rings is 1. The van der Waals surface area contributed by atoms with Crippen LogP contribution in [0, 0.1) is 24.2 Å². The highest BCUT2D eigenvalue weighted by Gasteiger charge is 2.33. The van der Waals surface area contributed by atoms with Crippen molar-refractivity contribution in [3.8, 4) is 6.07 Å². The minimum atomic E-state index is -0.919. The number of carbonyl (C=O) groups excluding carboxylic acids is 1. The molecule has 1 unspecified atom stereocenters. The van der Waals surface area contributed by atoms with E-state index >= 15 is 0 Å². The number of piperidine rings is 1. The van der Waals surface area contributed by atoms with Gasteiger partial charge in [-0.3, -0.25) is 23.9 Å². The van der Waals surface area contributed by atoms with Crippen LogP contribution in [0.1, 0.15) is 56.2 Å². The van der Waals surface area contributed by atoms with Crippen LogP contribution in [0.15, 0.2) is 9.70 Å². The number of carboxylic acid groups (broad SMARTS) is 1. The van der Waals surface area contributed by atoms with Crippen LogP contribution < -0.4 is 10.5 Å². The molecular formula is C23H28N4O4S2. The molecule has 2 fully saturated rings. The van der Waals surface area contributed by atoms with Gasteiger partial charge >= 0.3 is 5.97 Å². The predicted octanol–water partition coefficient (Wildman–Crippen LogP) is 3.35. The number of hydrogen-bond acceptors (Lipinski definition) is 7. The molecule has 1 atom stereocenters. The Morgan fingerprint density at radius 2 is 2.12 bits per heavy atom. The molecule has 1 N–H and O–H groups in total. The second-order valence-corrected chi connectivity index (χ2v) is 10.1. The first-order chi connectivity index (χ1) is 15.7. The summed E-state index contributed by atoms with van der Waals surface area (Å²) in [4.78, 5) is 41.0. The summed E-state index contributed by atoms with van der Waals surface area (Å²) in [6, 6.07) is 2.05. The average Bonchev–Trinajstić information content (AvgIpc) is 3.02. The van der Waals surface area contributed by atoms with Crippen LogP contribution in [-0.4, -0.2) is 50.4 Å². The molecule has 8 nitrogen and oxygen atoms in total. The molecule has 0 radical (unpaired) electrons. The number of thioether (sulfide) groups is 1. The molecule has 0 bridgehead atoms. The van der Waals surface area contributed by atoms with Crippen LogP contribution in [0.25, 0.3) is 6.08 Å². The molecule has 0 spiro atoms. The number of aliphatic carboxylic acids is 1. The normalized spacial score (nSPS) is 19.9. The van der Waals surface area contributed by atoms with Gasteiger partial charge in [0.25, 0.3) is 11.5 Å². The second kappa shape index (κ2) is 10.5. The number of nitrogens with zero attached hydrogens (tertiary/aromatic N) is 4. The van der Waals surface area contributed by atoms with Crippen LogP contribution in [0.3, 0.4) is 0 Å². The molecule has 1 amide bonds. The molecule has 176 valence electrons. The zero-order chi connectivity index (χ0) is 24.3. The molecule has 33 heavy (non-hydrogen) atoms. The summed E-state index contributed by atoms with van der Waals surface area (Å²) in [5.74, 6) is 0.00969. The Balaban J connectivity index is 2.10. The average molecular weight is 489 g/mol. The van der Waals surface area contributed by atoms with Crippen molar-refractivity contribution in [3.05, 3.63) is 31.9 Å². The number of aromatic nitrogens is 1. The third kappa shape index (κ3) is 5.14. The van der Waals surface area contributed by atoms with Gasteiger partial charge in [0.05, 0.1) is 4.91 Å². The van der Waals surface area contributed by atoms with Gasteiger partial charge in [0.15, 0.2) is 0 Å². The number of anilines is 1. The van der Waals surface area contributed by atoms with Crippen LogP contribution in [0.2, 0.25) is 0 Å². The standard InChI is InChI=1S/C23H28N4O4S2/c1-4-26-20(25-9-5-7-14(2)13-25)16(15(3)17(12-24)21(26)30)11-18-22(31)27(23(32)33-18)10-6-8-19(28)29/h11,14H,4-10,13H2,1-3H3,(H,28,29)/b18-11-. The van der Waals surface area contributed by atoms with Crippen molar-refractivity contribution in [1.29, 1.82) is 5.26 Å². The topological polar surface area (TPSA) is 107 Å². The Morgan fingerprint density at radius 3 is 2.73 bits per heavy atom. The molecule has 3 heterocycles. The molecule has 3 rings (SSSR count). The summed E-state index contributed by atoms with van der Waals surface area (Å²) >= 11 is 6.54. The summed E-state index contributed by atoms with van der Waals surface area (Å²) in [6.45, 7) is 8.04. The highest BCUT2D eigenvalue weighted by Crippen LogP contribution is 2.36. The lowest BCUT2D eigenvalue weighted by Gasteiger charge is -2.35. The fourth-order valence-electron chi connectivity index (χ4n) is 4.37. The van der Waals surface area contributed by atoms with Gasteiger partial charge in [-0.25, -0.2) is 0 Å². The Labute approximate surface area is 202 Å². The van der Waals surface area contributed by atoms with Gasteiger partial charge in [0, 0.05) is 38.2 Å². The quantitative estimate of drug-likeness (QED) is 0.460. The van der Waals surface area contributed by atoms with E-state index in [9.17, 15) is 19.6 Å². The predicted molar refractivity (Wildman–Crippen MR) is 133 cm³/mol. The smallest absolute Gasteiger partial charge is 0.303 e. The van der Waals surface area contributed by atoms with Crippen LogP contribution in [0.4, 0.5) is 5.82 Å². The maximum Gasteiger partial charge on any atom is 0.303 e. The van der Waals surface area contributed by atoms with Crippen molar-refractivity contribution in [2.75, 3.05) is 24.5 Å². The Bertz CT molecular complexity index is 1120. The second-order valence-electron chi connectivity index (χ2n) is 8.42. The van der Waals surface area contributed by atoms with Crippen molar-refractivity contribution >= 4 is 52.1 Å². The van der Waals surface area contributed by atoms with Crippen molar-refractivity contribution in [2.24, 2.45) is 5.92 Å². The number of thiocarbonyl (C=S) groups is 1. The van der Waals surface area contributed by atoms with Crippen molar-refractivity contribution < 1.29 is 14.7 Å². The number of amides is 1. The third-order valence-corrected chi connectivity index (χ3v) is 7.42. The minimum Gasteiger partial charge on any atom is -0.481 e. The molecule has 2 aliphatic heterocycles. The maximum absolute atomic E-state index is 13.1. The SMILES string of the molecule is CCn1c(N2CCCC(C)C2)c(/C=C2\SC(=S)N(CCCC(=O)O)C2=O)c(C)c(C#N)c1=O. The van der Waals surface area contributed by atoms with Gasteiger partial charge in [-0.2, -0.15) is 5.26 Å². The van der Waals surface area contributed by atoms with Crippen molar-refractivity contribution in [2.45, 2.75) is 53.0 Å². The summed E-state index contributed by atoms with van der Waals surface area (Å²) in [6.07, 6.45) is 4.13. The van der Waals surface area contributed by atoms with E-state index in [0.717, 1.165) is 43.5 Å².